The third kappa shape index (κ3) is 1.99. The van der Waals surface area contributed by atoms with Gasteiger partial charge in [0.1, 0.15) is 5.75 Å². The van der Waals surface area contributed by atoms with Crippen LogP contribution in [0.3, 0.4) is 0 Å². The molecule has 0 atom stereocenters. The van der Waals surface area contributed by atoms with Crippen LogP contribution in [0.15, 0.2) is 18.2 Å². The minimum atomic E-state index is -0.452. The standard InChI is InChI=1S/C10H13NO2/c1-3-13-9-7(2)5-4-6-8(9)10(11)12/h4-6H,3H2,1-2H3,(H2,11,12). The fourth-order valence-corrected chi connectivity index (χ4v) is 1.18. The maximum atomic E-state index is 11.0. The van der Waals surface area contributed by atoms with E-state index in [9.17, 15) is 4.79 Å². The summed E-state index contributed by atoms with van der Waals surface area (Å²) in [6, 6.07) is 5.34. The fourth-order valence-electron chi connectivity index (χ4n) is 1.18. The van der Waals surface area contributed by atoms with Crippen molar-refractivity contribution in [2.75, 3.05) is 6.61 Å². The van der Waals surface area contributed by atoms with E-state index in [1.54, 1.807) is 12.1 Å². The Morgan fingerprint density at radius 2 is 2.23 bits per heavy atom. The van der Waals surface area contributed by atoms with Gasteiger partial charge in [-0.3, -0.25) is 4.79 Å². The molecule has 0 fully saturated rings. The Morgan fingerprint density at radius 3 is 2.77 bits per heavy atom. The van der Waals surface area contributed by atoms with Crippen LogP contribution in [-0.2, 0) is 0 Å². The van der Waals surface area contributed by atoms with E-state index in [1.165, 1.54) is 0 Å². The Bertz CT molecular complexity index is 321. The van der Waals surface area contributed by atoms with Crippen LogP contribution < -0.4 is 10.5 Å². The average molecular weight is 179 g/mol. The summed E-state index contributed by atoms with van der Waals surface area (Å²) in [5.74, 6) is 0.143. The highest BCUT2D eigenvalue weighted by Gasteiger charge is 2.10. The van der Waals surface area contributed by atoms with E-state index < -0.39 is 5.91 Å². The molecular formula is C10H13NO2. The van der Waals surface area contributed by atoms with Gasteiger partial charge >= 0.3 is 0 Å². The highest BCUT2D eigenvalue weighted by molar-refractivity contribution is 5.96. The van der Waals surface area contributed by atoms with Crippen LogP contribution in [0.2, 0.25) is 0 Å². The summed E-state index contributed by atoms with van der Waals surface area (Å²) < 4.78 is 5.33. The summed E-state index contributed by atoms with van der Waals surface area (Å²) in [4.78, 5) is 11.0. The largest absolute Gasteiger partial charge is 0.493 e. The molecule has 0 bridgehead atoms. The summed E-state index contributed by atoms with van der Waals surface area (Å²) in [6.07, 6.45) is 0. The molecule has 0 aliphatic carbocycles. The van der Waals surface area contributed by atoms with Crippen LogP contribution in [-0.4, -0.2) is 12.5 Å². The molecule has 1 aromatic carbocycles. The second kappa shape index (κ2) is 3.94. The molecule has 0 unspecified atom stereocenters. The normalized spacial score (nSPS) is 9.69. The molecule has 3 nitrogen and oxygen atoms in total. The Balaban J connectivity index is 3.17. The van der Waals surface area contributed by atoms with E-state index in [0.29, 0.717) is 17.9 Å². The topological polar surface area (TPSA) is 52.3 Å². The van der Waals surface area contributed by atoms with Crippen LogP contribution in [0.1, 0.15) is 22.8 Å². The zero-order valence-electron chi connectivity index (χ0n) is 7.83. The van der Waals surface area contributed by atoms with Gasteiger partial charge in [-0.1, -0.05) is 12.1 Å². The maximum Gasteiger partial charge on any atom is 0.252 e. The molecule has 0 heterocycles. The molecule has 3 heteroatoms. The Kier molecular flexibility index (Phi) is 2.90. The predicted octanol–water partition coefficient (Wildman–Crippen LogP) is 1.49. The van der Waals surface area contributed by atoms with Gasteiger partial charge in [-0.15, -0.1) is 0 Å². The number of aryl methyl sites for hydroxylation is 1. The molecule has 0 saturated heterocycles. The van der Waals surface area contributed by atoms with E-state index >= 15 is 0 Å². The molecule has 0 radical (unpaired) electrons. The number of amides is 1. The van der Waals surface area contributed by atoms with Gasteiger partial charge in [0.2, 0.25) is 0 Å². The number of carbonyl (C=O) groups excluding carboxylic acids is 1. The van der Waals surface area contributed by atoms with Gasteiger partial charge in [0.05, 0.1) is 12.2 Å². The lowest BCUT2D eigenvalue weighted by molar-refractivity contribution is 0.0996. The summed E-state index contributed by atoms with van der Waals surface area (Å²) in [5.41, 5.74) is 6.57. The van der Waals surface area contributed by atoms with E-state index in [2.05, 4.69) is 0 Å². The van der Waals surface area contributed by atoms with E-state index in [0.717, 1.165) is 5.56 Å². The number of ether oxygens (including phenoxy) is 1. The number of primary amides is 1. The van der Waals surface area contributed by atoms with Gasteiger partial charge in [-0.25, -0.2) is 0 Å². The Hall–Kier alpha value is -1.51. The van der Waals surface area contributed by atoms with Crippen molar-refractivity contribution in [2.45, 2.75) is 13.8 Å². The van der Waals surface area contributed by atoms with Gasteiger partial charge in [-0.2, -0.15) is 0 Å². The minimum Gasteiger partial charge on any atom is -0.493 e. The van der Waals surface area contributed by atoms with Crippen molar-refractivity contribution in [3.05, 3.63) is 29.3 Å². The molecule has 0 aromatic heterocycles. The van der Waals surface area contributed by atoms with Gasteiger partial charge in [-0.05, 0) is 25.5 Å². The molecule has 0 saturated carbocycles. The van der Waals surface area contributed by atoms with Gasteiger partial charge in [0, 0.05) is 0 Å². The predicted molar refractivity (Wildman–Crippen MR) is 50.9 cm³/mol. The second-order valence-electron chi connectivity index (χ2n) is 2.75. The number of para-hydroxylation sites is 1. The minimum absolute atomic E-state index is 0.446. The summed E-state index contributed by atoms with van der Waals surface area (Å²) in [6.45, 7) is 4.29. The first-order chi connectivity index (χ1) is 6.16. The van der Waals surface area contributed by atoms with Crippen molar-refractivity contribution in [2.24, 2.45) is 5.73 Å². The molecule has 70 valence electrons. The molecule has 1 amide bonds. The van der Waals surface area contributed by atoms with E-state index in [-0.39, 0.29) is 0 Å². The van der Waals surface area contributed by atoms with Crippen LogP contribution in [0.25, 0.3) is 0 Å². The van der Waals surface area contributed by atoms with Crippen molar-refractivity contribution >= 4 is 5.91 Å². The first-order valence-corrected chi connectivity index (χ1v) is 4.19. The van der Waals surface area contributed by atoms with Crippen LogP contribution in [0, 0.1) is 6.92 Å². The monoisotopic (exact) mass is 179 g/mol. The fraction of sp³-hybridized carbons (Fsp3) is 0.300. The lowest BCUT2D eigenvalue weighted by Crippen LogP contribution is -2.13. The first kappa shape index (κ1) is 9.58. The molecule has 13 heavy (non-hydrogen) atoms. The number of hydrogen-bond acceptors (Lipinski definition) is 2. The maximum absolute atomic E-state index is 11.0. The number of carbonyl (C=O) groups is 1. The number of hydrogen-bond donors (Lipinski definition) is 1. The summed E-state index contributed by atoms with van der Waals surface area (Å²) in [5, 5.41) is 0. The van der Waals surface area contributed by atoms with Crippen LogP contribution in [0.4, 0.5) is 0 Å². The van der Waals surface area contributed by atoms with Gasteiger partial charge in [0.25, 0.3) is 5.91 Å². The van der Waals surface area contributed by atoms with E-state index in [4.69, 9.17) is 10.5 Å². The van der Waals surface area contributed by atoms with Crippen molar-refractivity contribution in [1.82, 2.24) is 0 Å². The quantitative estimate of drug-likeness (QED) is 0.764. The van der Waals surface area contributed by atoms with Crippen molar-refractivity contribution in [3.8, 4) is 5.75 Å². The van der Waals surface area contributed by atoms with Crippen molar-refractivity contribution in [1.29, 1.82) is 0 Å². The molecule has 1 aromatic rings. The first-order valence-electron chi connectivity index (χ1n) is 4.19. The number of rotatable bonds is 3. The smallest absolute Gasteiger partial charge is 0.252 e. The highest BCUT2D eigenvalue weighted by atomic mass is 16.5. The van der Waals surface area contributed by atoms with Crippen LogP contribution in [0.5, 0.6) is 5.75 Å². The summed E-state index contributed by atoms with van der Waals surface area (Å²) in [7, 11) is 0. The molecule has 1 rings (SSSR count). The molecule has 0 aliphatic rings. The highest BCUT2D eigenvalue weighted by Crippen LogP contribution is 2.22. The number of nitrogens with two attached hydrogens (primary N) is 1. The van der Waals surface area contributed by atoms with Gasteiger partial charge in [0.15, 0.2) is 0 Å². The second-order valence-corrected chi connectivity index (χ2v) is 2.75. The molecule has 0 spiro atoms. The SMILES string of the molecule is CCOc1c(C)cccc1C(N)=O. The molecular weight excluding hydrogens is 166 g/mol. The average Bonchev–Trinajstić information content (AvgIpc) is 2.08. The number of benzene rings is 1. The zero-order valence-corrected chi connectivity index (χ0v) is 7.83. The van der Waals surface area contributed by atoms with Crippen molar-refractivity contribution < 1.29 is 9.53 Å². The van der Waals surface area contributed by atoms with Crippen LogP contribution >= 0.6 is 0 Å². The summed E-state index contributed by atoms with van der Waals surface area (Å²) >= 11 is 0. The molecule has 2 N–H and O–H groups in total. The lowest BCUT2D eigenvalue weighted by Gasteiger charge is -2.09. The molecule has 0 aliphatic heterocycles. The van der Waals surface area contributed by atoms with Gasteiger partial charge < -0.3 is 10.5 Å². The Labute approximate surface area is 77.5 Å². The lowest BCUT2D eigenvalue weighted by atomic mass is 10.1. The third-order valence-corrected chi connectivity index (χ3v) is 1.77. The zero-order chi connectivity index (χ0) is 9.84. The van der Waals surface area contributed by atoms with E-state index in [1.807, 2.05) is 19.9 Å². The third-order valence-electron chi connectivity index (χ3n) is 1.77. The van der Waals surface area contributed by atoms with Crippen molar-refractivity contribution in [3.63, 3.8) is 0 Å². The Morgan fingerprint density at radius 1 is 1.54 bits per heavy atom.